The summed E-state index contributed by atoms with van der Waals surface area (Å²) < 4.78 is 0. The smallest absolute Gasteiger partial charge is 0.0621 e. The maximum atomic E-state index is 8.68. The minimum absolute atomic E-state index is 0.626. The fourth-order valence-corrected chi connectivity index (χ4v) is 2.70. The number of aryl methyl sites for hydroxylation is 1. The highest BCUT2D eigenvalue weighted by Crippen LogP contribution is 2.29. The van der Waals surface area contributed by atoms with Crippen LogP contribution in [0.3, 0.4) is 0 Å². The number of nitrogens with zero attached hydrogens (tertiary/aromatic N) is 1. The van der Waals surface area contributed by atoms with Gasteiger partial charge in [-0.3, -0.25) is 0 Å². The minimum atomic E-state index is 0.626. The van der Waals surface area contributed by atoms with Crippen molar-refractivity contribution in [1.29, 1.82) is 5.26 Å². The van der Waals surface area contributed by atoms with E-state index in [1.165, 1.54) is 27.1 Å². The van der Waals surface area contributed by atoms with Gasteiger partial charge in [-0.25, -0.2) is 0 Å². The molecule has 0 saturated carbocycles. The second-order valence-corrected chi connectivity index (χ2v) is 4.81. The van der Waals surface area contributed by atoms with Gasteiger partial charge in [-0.1, -0.05) is 54.6 Å². The second-order valence-electron chi connectivity index (χ2n) is 4.81. The van der Waals surface area contributed by atoms with E-state index in [1.54, 1.807) is 0 Å². The van der Waals surface area contributed by atoms with E-state index in [2.05, 4.69) is 60.7 Å². The van der Waals surface area contributed by atoms with E-state index >= 15 is 0 Å². The fourth-order valence-electron chi connectivity index (χ4n) is 2.70. The molecule has 0 heterocycles. The topological polar surface area (TPSA) is 23.8 Å². The van der Waals surface area contributed by atoms with Crippen molar-refractivity contribution in [3.8, 4) is 6.07 Å². The van der Waals surface area contributed by atoms with Gasteiger partial charge in [0, 0.05) is 6.42 Å². The molecule has 0 radical (unpaired) electrons. The molecule has 0 spiro atoms. The lowest BCUT2D eigenvalue weighted by atomic mass is 9.95. The molecule has 3 rings (SSSR count). The predicted octanol–water partition coefficient (Wildman–Crippen LogP) is 4.84. The van der Waals surface area contributed by atoms with Gasteiger partial charge >= 0.3 is 0 Å². The summed E-state index contributed by atoms with van der Waals surface area (Å²) in [7, 11) is 0. The van der Waals surface area contributed by atoms with E-state index in [4.69, 9.17) is 5.26 Å². The number of rotatable bonds is 3. The molecule has 19 heavy (non-hydrogen) atoms. The molecule has 0 bridgehead atoms. The Morgan fingerprint density at radius 2 is 1.53 bits per heavy atom. The van der Waals surface area contributed by atoms with Crippen molar-refractivity contribution in [1.82, 2.24) is 0 Å². The summed E-state index contributed by atoms with van der Waals surface area (Å²) in [5.41, 5.74) is 1.35. The molecule has 0 aliphatic heterocycles. The van der Waals surface area contributed by atoms with Crippen molar-refractivity contribution in [3.05, 3.63) is 60.2 Å². The van der Waals surface area contributed by atoms with E-state index in [0.29, 0.717) is 6.42 Å². The van der Waals surface area contributed by atoms with Crippen LogP contribution in [-0.2, 0) is 6.42 Å². The fraction of sp³-hybridized carbons (Fsp3) is 0.167. The van der Waals surface area contributed by atoms with Crippen LogP contribution in [0, 0.1) is 11.3 Å². The molecular formula is C18H15N. The Bertz CT molecular complexity index is 765. The van der Waals surface area contributed by atoms with Crippen LogP contribution in [0.25, 0.3) is 21.5 Å². The van der Waals surface area contributed by atoms with Crippen molar-refractivity contribution in [2.24, 2.45) is 0 Å². The van der Waals surface area contributed by atoms with E-state index < -0.39 is 0 Å². The third-order valence-corrected chi connectivity index (χ3v) is 3.59. The lowest BCUT2D eigenvalue weighted by molar-refractivity contribution is 0.856. The normalized spacial score (nSPS) is 10.7. The Morgan fingerprint density at radius 1 is 0.842 bits per heavy atom. The van der Waals surface area contributed by atoms with Gasteiger partial charge in [0.05, 0.1) is 6.07 Å². The zero-order valence-electron chi connectivity index (χ0n) is 10.8. The first-order valence-electron chi connectivity index (χ1n) is 6.66. The number of hydrogen-bond donors (Lipinski definition) is 0. The zero-order chi connectivity index (χ0) is 13.1. The summed E-state index contributed by atoms with van der Waals surface area (Å²) in [4.78, 5) is 0. The molecule has 0 aliphatic carbocycles. The van der Waals surface area contributed by atoms with Crippen LogP contribution in [0.2, 0.25) is 0 Å². The van der Waals surface area contributed by atoms with E-state index in [-0.39, 0.29) is 0 Å². The SMILES string of the molecule is N#CCCCc1cc2ccccc2c2ccccc12. The van der Waals surface area contributed by atoms with Crippen LogP contribution in [0.4, 0.5) is 0 Å². The molecule has 1 heteroatoms. The van der Waals surface area contributed by atoms with Crippen molar-refractivity contribution < 1.29 is 0 Å². The molecule has 0 fully saturated rings. The highest BCUT2D eigenvalue weighted by atomic mass is 14.2. The predicted molar refractivity (Wildman–Crippen MR) is 80.0 cm³/mol. The quantitative estimate of drug-likeness (QED) is 0.478. The standard InChI is InChI=1S/C18H15N/c19-12-6-5-8-15-13-14-7-1-2-9-16(14)18-11-4-3-10-17(15)18/h1-4,7,9-11,13H,5-6,8H2. The first-order valence-corrected chi connectivity index (χ1v) is 6.66. The number of unbranched alkanes of at least 4 members (excludes halogenated alkanes) is 1. The summed E-state index contributed by atoms with van der Waals surface area (Å²) in [5, 5.41) is 13.9. The van der Waals surface area contributed by atoms with Crippen molar-refractivity contribution in [3.63, 3.8) is 0 Å². The van der Waals surface area contributed by atoms with Crippen LogP contribution in [-0.4, -0.2) is 0 Å². The Hall–Kier alpha value is -2.33. The van der Waals surface area contributed by atoms with Gasteiger partial charge in [-0.05, 0) is 39.9 Å². The first-order chi connectivity index (χ1) is 9.40. The second kappa shape index (κ2) is 5.12. The van der Waals surface area contributed by atoms with Crippen LogP contribution >= 0.6 is 0 Å². The van der Waals surface area contributed by atoms with Crippen LogP contribution in [0.1, 0.15) is 18.4 Å². The van der Waals surface area contributed by atoms with Crippen molar-refractivity contribution in [2.45, 2.75) is 19.3 Å². The molecule has 92 valence electrons. The van der Waals surface area contributed by atoms with Crippen LogP contribution in [0.15, 0.2) is 54.6 Å². The van der Waals surface area contributed by atoms with Crippen molar-refractivity contribution >= 4 is 21.5 Å². The van der Waals surface area contributed by atoms with Gasteiger partial charge in [-0.15, -0.1) is 0 Å². The average molecular weight is 245 g/mol. The molecule has 3 aromatic carbocycles. The average Bonchev–Trinajstić information content (AvgIpc) is 2.47. The third-order valence-electron chi connectivity index (χ3n) is 3.59. The molecule has 0 aliphatic rings. The number of fused-ring (bicyclic) bond motifs is 3. The number of nitriles is 1. The van der Waals surface area contributed by atoms with E-state index in [0.717, 1.165) is 12.8 Å². The molecule has 0 saturated heterocycles. The summed E-state index contributed by atoms with van der Waals surface area (Å²) in [6, 6.07) is 21.6. The molecule has 3 aromatic rings. The third kappa shape index (κ3) is 2.18. The molecule has 1 nitrogen and oxygen atoms in total. The monoisotopic (exact) mass is 245 g/mol. The maximum Gasteiger partial charge on any atom is 0.0621 e. The maximum absolute atomic E-state index is 8.68. The summed E-state index contributed by atoms with van der Waals surface area (Å²) in [5.74, 6) is 0. The minimum Gasteiger partial charge on any atom is -0.198 e. The van der Waals surface area contributed by atoms with Gasteiger partial charge in [0.1, 0.15) is 0 Å². The molecule has 0 unspecified atom stereocenters. The van der Waals surface area contributed by atoms with Gasteiger partial charge in [0.2, 0.25) is 0 Å². The molecular weight excluding hydrogens is 230 g/mol. The Kier molecular flexibility index (Phi) is 3.16. The Balaban J connectivity index is 2.21. The summed E-state index contributed by atoms with van der Waals surface area (Å²) in [6.07, 6.45) is 2.53. The van der Waals surface area contributed by atoms with E-state index in [9.17, 15) is 0 Å². The number of benzene rings is 3. The van der Waals surface area contributed by atoms with Gasteiger partial charge in [0.15, 0.2) is 0 Å². The molecule has 0 N–H and O–H groups in total. The molecule has 0 aromatic heterocycles. The Labute approximate surface area is 113 Å². The van der Waals surface area contributed by atoms with Gasteiger partial charge in [0.25, 0.3) is 0 Å². The molecule has 0 amide bonds. The lowest BCUT2D eigenvalue weighted by Crippen LogP contribution is -1.89. The summed E-state index contributed by atoms with van der Waals surface area (Å²) in [6.45, 7) is 0. The first kappa shape index (κ1) is 11.7. The highest BCUT2D eigenvalue weighted by Gasteiger charge is 2.05. The highest BCUT2D eigenvalue weighted by molar-refractivity contribution is 6.08. The van der Waals surface area contributed by atoms with Crippen LogP contribution < -0.4 is 0 Å². The van der Waals surface area contributed by atoms with Crippen molar-refractivity contribution in [2.75, 3.05) is 0 Å². The van der Waals surface area contributed by atoms with Gasteiger partial charge in [-0.2, -0.15) is 5.26 Å². The Morgan fingerprint density at radius 3 is 2.32 bits per heavy atom. The van der Waals surface area contributed by atoms with Gasteiger partial charge < -0.3 is 0 Å². The number of hydrogen-bond acceptors (Lipinski definition) is 1. The summed E-state index contributed by atoms with van der Waals surface area (Å²) >= 11 is 0. The largest absolute Gasteiger partial charge is 0.198 e. The lowest BCUT2D eigenvalue weighted by Gasteiger charge is -2.09. The van der Waals surface area contributed by atoms with E-state index in [1.807, 2.05) is 0 Å². The van der Waals surface area contributed by atoms with Crippen LogP contribution in [0.5, 0.6) is 0 Å². The molecule has 0 atom stereocenters. The zero-order valence-corrected chi connectivity index (χ0v) is 10.8.